The summed E-state index contributed by atoms with van der Waals surface area (Å²) >= 11 is 0. The van der Waals surface area contributed by atoms with Crippen molar-refractivity contribution in [2.75, 3.05) is 26.9 Å². The Morgan fingerprint density at radius 2 is 2.11 bits per heavy atom. The number of ether oxygens (including phenoxy) is 2. The van der Waals surface area contributed by atoms with Crippen LogP contribution in [0, 0.1) is 0 Å². The number of hydrogen-bond acceptors (Lipinski definition) is 4. The van der Waals surface area contributed by atoms with Gasteiger partial charge in [-0.25, -0.2) is 8.78 Å². The van der Waals surface area contributed by atoms with Crippen LogP contribution in [0.5, 0.6) is 0 Å². The van der Waals surface area contributed by atoms with Crippen LogP contribution in [0.15, 0.2) is 0 Å². The maximum Gasteiger partial charge on any atom is 0.325 e. The number of carbonyl (C=O) groups is 1. The Labute approximate surface area is 107 Å². The van der Waals surface area contributed by atoms with Crippen LogP contribution in [0.2, 0.25) is 0 Å². The molecule has 0 amide bonds. The van der Waals surface area contributed by atoms with Crippen molar-refractivity contribution in [3.8, 4) is 0 Å². The lowest BCUT2D eigenvalue weighted by molar-refractivity contribution is -0.148. The van der Waals surface area contributed by atoms with Crippen LogP contribution in [0.4, 0.5) is 8.78 Å². The Hall–Kier alpha value is -0.750. The molecule has 6 heteroatoms. The second-order valence-corrected chi connectivity index (χ2v) is 4.32. The topological polar surface area (TPSA) is 47.6 Å². The lowest BCUT2D eigenvalue weighted by atomic mass is 9.96. The van der Waals surface area contributed by atoms with Crippen LogP contribution in [-0.2, 0) is 14.3 Å². The van der Waals surface area contributed by atoms with E-state index in [9.17, 15) is 13.6 Å². The largest absolute Gasteiger partial charge is 0.468 e. The van der Waals surface area contributed by atoms with E-state index in [1.165, 1.54) is 7.11 Å². The Kier molecular flexibility index (Phi) is 8.83. The zero-order valence-electron chi connectivity index (χ0n) is 11.3. The van der Waals surface area contributed by atoms with Gasteiger partial charge in [0.15, 0.2) is 0 Å². The summed E-state index contributed by atoms with van der Waals surface area (Å²) in [6.45, 7) is 4.10. The maximum atomic E-state index is 11.8. The maximum absolute atomic E-state index is 11.8. The summed E-state index contributed by atoms with van der Waals surface area (Å²) in [4.78, 5) is 11.7. The lowest BCUT2D eigenvalue weighted by Crippen LogP contribution is -2.50. The lowest BCUT2D eigenvalue weighted by Gasteiger charge is -2.28. The minimum absolute atomic E-state index is 0.213. The summed E-state index contributed by atoms with van der Waals surface area (Å²) in [5.74, 6) is -0.343. The number of carbonyl (C=O) groups excluding carboxylic acids is 1. The molecule has 1 N–H and O–H groups in total. The third-order valence-electron chi connectivity index (χ3n) is 2.61. The summed E-state index contributed by atoms with van der Waals surface area (Å²) in [5.41, 5.74) is -0.779. The standard InChI is InChI=1S/C12H23F2NO3/c1-4-7-15-12(2,11(16)17-3)6-5-8-18-9-10(13)14/h10,15H,4-9H2,1-3H3. The summed E-state index contributed by atoms with van der Waals surface area (Å²) in [6.07, 6.45) is -0.540. The van der Waals surface area contributed by atoms with Crippen molar-refractivity contribution in [1.29, 1.82) is 0 Å². The molecule has 108 valence electrons. The van der Waals surface area contributed by atoms with Crippen LogP contribution in [0.3, 0.4) is 0 Å². The van der Waals surface area contributed by atoms with Gasteiger partial charge in [0.1, 0.15) is 12.1 Å². The number of halogens is 2. The second kappa shape index (κ2) is 9.22. The minimum Gasteiger partial charge on any atom is -0.468 e. The van der Waals surface area contributed by atoms with Crippen LogP contribution in [-0.4, -0.2) is 44.8 Å². The molecule has 0 bridgehead atoms. The number of rotatable bonds is 10. The van der Waals surface area contributed by atoms with Crippen molar-refractivity contribution < 1.29 is 23.0 Å². The Balaban J connectivity index is 4.05. The first-order valence-corrected chi connectivity index (χ1v) is 6.15. The molecule has 0 fully saturated rings. The first-order chi connectivity index (χ1) is 8.46. The normalized spacial score (nSPS) is 14.6. The molecule has 0 aromatic rings. The van der Waals surface area contributed by atoms with Gasteiger partial charge in [-0.2, -0.15) is 0 Å². The Bertz CT molecular complexity index is 239. The predicted octanol–water partition coefficient (Wildman–Crippen LogP) is 1.98. The van der Waals surface area contributed by atoms with Gasteiger partial charge in [0.25, 0.3) is 6.43 Å². The third kappa shape index (κ3) is 6.86. The van der Waals surface area contributed by atoms with Crippen molar-refractivity contribution in [3.05, 3.63) is 0 Å². The number of alkyl halides is 2. The van der Waals surface area contributed by atoms with Crippen LogP contribution < -0.4 is 5.32 Å². The zero-order chi connectivity index (χ0) is 14.0. The van der Waals surface area contributed by atoms with E-state index < -0.39 is 18.6 Å². The molecular weight excluding hydrogens is 244 g/mol. The van der Waals surface area contributed by atoms with Gasteiger partial charge in [-0.3, -0.25) is 4.79 Å². The number of nitrogens with one attached hydrogen (secondary N) is 1. The molecule has 4 nitrogen and oxygen atoms in total. The van der Waals surface area contributed by atoms with Gasteiger partial charge in [-0.05, 0) is 32.7 Å². The van der Waals surface area contributed by atoms with Crippen molar-refractivity contribution in [2.24, 2.45) is 0 Å². The first kappa shape index (κ1) is 17.2. The molecule has 0 saturated carbocycles. The highest BCUT2D eigenvalue weighted by Crippen LogP contribution is 2.14. The number of hydrogen-bond donors (Lipinski definition) is 1. The van der Waals surface area contributed by atoms with Crippen molar-refractivity contribution in [1.82, 2.24) is 5.32 Å². The minimum atomic E-state index is -2.45. The second-order valence-electron chi connectivity index (χ2n) is 4.32. The van der Waals surface area contributed by atoms with Gasteiger partial charge in [-0.15, -0.1) is 0 Å². The highest BCUT2D eigenvalue weighted by molar-refractivity contribution is 5.80. The molecule has 0 rings (SSSR count). The molecule has 0 radical (unpaired) electrons. The fourth-order valence-corrected chi connectivity index (χ4v) is 1.59. The SMILES string of the molecule is CCCNC(C)(CCCOCC(F)F)C(=O)OC. The Morgan fingerprint density at radius 1 is 1.44 bits per heavy atom. The van der Waals surface area contributed by atoms with E-state index >= 15 is 0 Å². The van der Waals surface area contributed by atoms with Crippen LogP contribution >= 0.6 is 0 Å². The molecule has 0 saturated heterocycles. The van der Waals surface area contributed by atoms with Gasteiger partial charge < -0.3 is 14.8 Å². The highest BCUT2D eigenvalue weighted by Gasteiger charge is 2.32. The fourth-order valence-electron chi connectivity index (χ4n) is 1.59. The number of esters is 1. The number of methoxy groups -OCH3 is 1. The first-order valence-electron chi connectivity index (χ1n) is 6.15. The van der Waals surface area contributed by atoms with E-state index in [0.29, 0.717) is 19.4 Å². The molecule has 0 aliphatic carbocycles. The van der Waals surface area contributed by atoms with E-state index in [1.807, 2.05) is 6.92 Å². The zero-order valence-corrected chi connectivity index (χ0v) is 11.3. The highest BCUT2D eigenvalue weighted by atomic mass is 19.3. The average molecular weight is 267 g/mol. The predicted molar refractivity (Wildman–Crippen MR) is 64.8 cm³/mol. The van der Waals surface area contributed by atoms with Gasteiger partial charge in [0, 0.05) is 6.61 Å². The van der Waals surface area contributed by atoms with Gasteiger partial charge in [0.05, 0.1) is 7.11 Å². The van der Waals surface area contributed by atoms with Gasteiger partial charge in [-0.1, -0.05) is 6.92 Å². The molecule has 0 heterocycles. The monoisotopic (exact) mass is 267 g/mol. The summed E-state index contributed by atoms with van der Waals surface area (Å²) in [5, 5.41) is 3.12. The average Bonchev–Trinajstić information content (AvgIpc) is 2.34. The molecule has 0 aromatic heterocycles. The van der Waals surface area contributed by atoms with Crippen molar-refractivity contribution >= 4 is 5.97 Å². The van der Waals surface area contributed by atoms with E-state index in [-0.39, 0.29) is 12.6 Å². The molecule has 0 aliphatic heterocycles. The molecule has 1 atom stereocenters. The molecule has 18 heavy (non-hydrogen) atoms. The van der Waals surface area contributed by atoms with Crippen LogP contribution in [0.25, 0.3) is 0 Å². The molecule has 1 unspecified atom stereocenters. The van der Waals surface area contributed by atoms with Gasteiger partial charge in [0.2, 0.25) is 0 Å². The molecule has 0 aliphatic rings. The quantitative estimate of drug-likeness (QED) is 0.485. The van der Waals surface area contributed by atoms with E-state index in [2.05, 4.69) is 5.32 Å². The van der Waals surface area contributed by atoms with E-state index in [4.69, 9.17) is 9.47 Å². The van der Waals surface area contributed by atoms with Crippen LogP contribution in [0.1, 0.15) is 33.1 Å². The molecular formula is C12H23F2NO3. The van der Waals surface area contributed by atoms with Crippen molar-refractivity contribution in [2.45, 2.75) is 45.1 Å². The fraction of sp³-hybridized carbons (Fsp3) is 0.917. The summed E-state index contributed by atoms with van der Waals surface area (Å²) in [6, 6.07) is 0. The Morgan fingerprint density at radius 3 is 2.61 bits per heavy atom. The third-order valence-corrected chi connectivity index (χ3v) is 2.61. The van der Waals surface area contributed by atoms with E-state index in [0.717, 1.165) is 6.42 Å². The molecule has 0 aromatic carbocycles. The van der Waals surface area contributed by atoms with Gasteiger partial charge >= 0.3 is 5.97 Å². The smallest absolute Gasteiger partial charge is 0.325 e. The molecule has 0 spiro atoms. The van der Waals surface area contributed by atoms with E-state index in [1.54, 1.807) is 6.92 Å². The summed E-state index contributed by atoms with van der Waals surface area (Å²) < 4.78 is 33.2. The van der Waals surface area contributed by atoms with Crippen molar-refractivity contribution in [3.63, 3.8) is 0 Å². The summed E-state index contributed by atoms with van der Waals surface area (Å²) in [7, 11) is 1.33.